The first-order valence-electron chi connectivity index (χ1n) is 10.0. The van der Waals surface area contributed by atoms with Crippen molar-refractivity contribution in [3.05, 3.63) is 83.2 Å². The summed E-state index contributed by atoms with van der Waals surface area (Å²) < 4.78 is 0. The first-order chi connectivity index (χ1) is 14.1. The zero-order valence-corrected chi connectivity index (χ0v) is 16.2. The standard InChI is InChI=1S/C23H24N4O2/c1-27-20-10-6-5-9-16(20)17-13-18(17)21(23(27)29)24-22(28)19-12-15(25-26-19)11-14-7-3-2-4-8-14/h2-10,12,17-18,21-22,24,28H,11,13H2,1H3,(H,25,26). The number of hydrogen-bond donors (Lipinski definition) is 3. The predicted octanol–water partition coefficient (Wildman–Crippen LogP) is 2.73. The number of rotatable bonds is 5. The number of aromatic amines is 1. The van der Waals surface area contributed by atoms with E-state index in [2.05, 4.69) is 33.7 Å². The Morgan fingerprint density at radius 2 is 1.97 bits per heavy atom. The number of nitrogens with one attached hydrogen (secondary N) is 2. The number of nitrogens with zero attached hydrogens (tertiary/aromatic N) is 2. The molecule has 3 aromatic rings. The van der Waals surface area contributed by atoms with Gasteiger partial charge in [0.1, 0.15) is 5.69 Å². The summed E-state index contributed by atoms with van der Waals surface area (Å²) >= 11 is 0. The number of anilines is 1. The lowest BCUT2D eigenvalue weighted by atomic mass is 10.1. The number of benzene rings is 2. The van der Waals surface area contributed by atoms with E-state index in [4.69, 9.17) is 0 Å². The molecule has 0 spiro atoms. The zero-order valence-electron chi connectivity index (χ0n) is 16.2. The van der Waals surface area contributed by atoms with Crippen LogP contribution in [0.2, 0.25) is 0 Å². The summed E-state index contributed by atoms with van der Waals surface area (Å²) in [7, 11) is 1.81. The smallest absolute Gasteiger partial charge is 0.244 e. The third-order valence-electron chi connectivity index (χ3n) is 6.07. The van der Waals surface area contributed by atoms with Gasteiger partial charge in [-0.25, -0.2) is 0 Å². The maximum atomic E-state index is 13.1. The molecule has 1 saturated carbocycles. The first kappa shape index (κ1) is 18.1. The molecule has 148 valence electrons. The van der Waals surface area contributed by atoms with Crippen LogP contribution in [0, 0.1) is 5.92 Å². The minimum Gasteiger partial charge on any atom is -0.373 e. The number of likely N-dealkylation sites (N-methyl/N-ethyl adjacent to an activating group) is 1. The molecular weight excluding hydrogens is 364 g/mol. The molecule has 2 heterocycles. The van der Waals surface area contributed by atoms with E-state index in [9.17, 15) is 9.90 Å². The van der Waals surface area contributed by atoms with E-state index in [1.54, 1.807) is 11.9 Å². The normalized spacial score (nSPS) is 23.9. The summed E-state index contributed by atoms with van der Waals surface area (Å²) in [6.45, 7) is 0. The Morgan fingerprint density at radius 1 is 1.21 bits per heavy atom. The molecule has 29 heavy (non-hydrogen) atoms. The molecule has 0 bridgehead atoms. The van der Waals surface area contributed by atoms with Gasteiger partial charge < -0.3 is 10.0 Å². The summed E-state index contributed by atoms with van der Waals surface area (Å²) in [6, 6.07) is 19.6. The summed E-state index contributed by atoms with van der Waals surface area (Å²) in [5.41, 5.74) is 4.79. The van der Waals surface area contributed by atoms with E-state index in [0.717, 1.165) is 17.8 Å². The van der Waals surface area contributed by atoms with Crippen LogP contribution in [0.4, 0.5) is 5.69 Å². The fourth-order valence-electron chi connectivity index (χ4n) is 4.43. The van der Waals surface area contributed by atoms with Crippen molar-refractivity contribution in [1.82, 2.24) is 15.5 Å². The summed E-state index contributed by atoms with van der Waals surface area (Å²) in [5.74, 6) is 0.546. The summed E-state index contributed by atoms with van der Waals surface area (Å²) in [5, 5.41) is 21.1. The fraction of sp³-hybridized carbons (Fsp3) is 0.304. The minimum absolute atomic E-state index is 0.0125. The molecule has 1 amide bonds. The van der Waals surface area contributed by atoms with Crippen molar-refractivity contribution in [3.63, 3.8) is 0 Å². The van der Waals surface area contributed by atoms with Crippen LogP contribution in [0.25, 0.3) is 0 Å². The molecule has 0 radical (unpaired) electrons. The van der Waals surface area contributed by atoms with Gasteiger partial charge in [0.05, 0.1) is 6.04 Å². The second-order valence-electron chi connectivity index (χ2n) is 7.99. The fourth-order valence-corrected chi connectivity index (χ4v) is 4.43. The molecule has 4 unspecified atom stereocenters. The number of hydrogen-bond acceptors (Lipinski definition) is 4. The van der Waals surface area contributed by atoms with E-state index in [1.165, 1.54) is 11.1 Å². The highest BCUT2D eigenvalue weighted by Gasteiger charge is 2.51. The topological polar surface area (TPSA) is 81.3 Å². The van der Waals surface area contributed by atoms with E-state index in [0.29, 0.717) is 18.0 Å². The number of aromatic nitrogens is 2. The van der Waals surface area contributed by atoms with Crippen LogP contribution >= 0.6 is 0 Å². The third kappa shape index (κ3) is 3.34. The average molecular weight is 388 g/mol. The molecule has 0 saturated heterocycles. The molecule has 5 rings (SSSR count). The van der Waals surface area contributed by atoms with E-state index in [-0.39, 0.29) is 11.8 Å². The van der Waals surface area contributed by atoms with Gasteiger partial charge in [-0.15, -0.1) is 0 Å². The number of para-hydroxylation sites is 1. The molecule has 1 aromatic heterocycles. The first-order valence-corrected chi connectivity index (χ1v) is 10.0. The molecule has 2 aliphatic rings. The Morgan fingerprint density at radius 3 is 2.79 bits per heavy atom. The predicted molar refractivity (Wildman–Crippen MR) is 110 cm³/mol. The van der Waals surface area contributed by atoms with Crippen LogP contribution in [-0.2, 0) is 11.2 Å². The van der Waals surface area contributed by atoms with Crippen LogP contribution in [0.5, 0.6) is 0 Å². The van der Waals surface area contributed by atoms with Crippen molar-refractivity contribution in [1.29, 1.82) is 0 Å². The van der Waals surface area contributed by atoms with Crippen LogP contribution in [-0.4, -0.2) is 34.3 Å². The zero-order chi connectivity index (χ0) is 20.0. The SMILES string of the molecule is CN1C(=O)C(NC(O)c2cc(Cc3ccccc3)[nH]n2)C2CC2c2ccccc21. The van der Waals surface area contributed by atoms with Gasteiger partial charge in [0.15, 0.2) is 6.23 Å². The van der Waals surface area contributed by atoms with Gasteiger partial charge in [-0.3, -0.25) is 15.2 Å². The number of H-pyrrole nitrogens is 1. The van der Waals surface area contributed by atoms with Gasteiger partial charge in [-0.05, 0) is 41.5 Å². The maximum absolute atomic E-state index is 13.1. The molecule has 1 aliphatic carbocycles. The van der Waals surface area contributed by atoms with Crippen molar-refractivity contribution >= 4 is 11.6 Å². The lowest BCUT2D eigenvalue weighted by Crippen LogP contribution is -2.47. The second-order valence-corrected chi connectivity index (χ2v) is 7.99. The lowest BCUT2D eigenvalue weighted by molar-refractivity contribution is -0.121. The van der Waals surface area contributed by atoms with Gasteiger partial charge in [0.2, 0.25) is 5.91 Å². The summed E-state index contributed by atoms with van der Waals surface area (Å²) in [4.78, 5) is 14.8. The Balaban J connectivity index is 1.31. The Hall–Kier alpha value is -2.96. The molecule has 4 atom stereocenters. The Bertz CT molecular complexity index is 1030. The lowest BCUT2D eigenvalue weighted by Gasteiger charge is -2.25. The number of carbonyl (C=O) groups is 1. The average Bonchev–Trinajstić information content (AvgIpc) is 3.41. The van der Waals surface area contributed by atoms with Crippen LogP contribution in [0.1, 0.15) is 41.1 Å². The Labute approximate surface area is 169 Å². The van der Waals surface area contributed by atoms with E-state index < -0.39 is 12.3 Å². The molecular formula is C23H24N4O2. The Kier molecular flexibility index (Phi) is 4.45. The highest BCUT2D eigenvalue weighted by Crippen LogP contribution is 2.54. The second kappa shape index (κ2) is 7.13. The highest BCUT2D eigenvalue weighted by molar-refractivity contribution is 5.99. The number of amides is 1. The quantitative estimate of drug-likeness (QED) is 0.587. The molecule has 3 N–H and O–H groups in total. The van der Waals surface area contributed by atoms with Gasteiger partial charge >= 0.3 is 0 Å². The van der Waals surface area contributed by atoms with Crippen molar-refractivity contribution in [2.75, 3.05) is 11.9 Å². The monoisotopic (exact) mass is 388 g/mol. The number of aliphatic hydroxyl groups excluding tert-OH is 1. The summed E-state index contributed by atoms with van der Waals surface area (Å²) in [6.07, 6.45) is 0.674. The van der Waals surface area contributed by atoms with Crippen molar-refractivity contribution < 1.29 is 9.90 Å². The van der Waals surface area contributed by atoms with E-state index >= 15 is 0 Å². The number of fused-ring (bicyclic) bond motifs is 3. The third-order valence-corrected chi connectivity index (χ3v) is 6.07. The van der Waals surface area contributed by atoms with Crippen LogP contribution in [0.3, 0.4) is 0 Å². The van der Waals surface area contributed by atoms with E-state index in [1.807, 2.05) is 42.5 Å². The van der Waals surface area contributed by atoms with Gasteiger partial charge in [-0.2, -0.15) is 5.10 Å². The van der Waals surface area contributed by atoms with Crippen molar-refractivity contribution in [2.45, 2.75) is 31.0 Å². The highest BCUT2D eigenvalue weighted by atomic mass is 16.3. The minimum atomic E-state index is -0.999. The van der Waals surface area contributed by atoms with Gasteiger partial charge in [0.25, 0.3) is 0 Å². The van der Waals surface area contributed by atoms with Crippen LogP contribution < -0.4 is 10.2 Å². The molecule has 2 aromatic carbocycles. The van der Waals surface area contributed by atoms with Crippen LogP contribution in [0.15, 0.2) is 60.7 Å². The van der Waals surface area contributed by atoms with Gasteiger partial charge in [-0.1, -0.05) is 48.5 Å². The molecule has 1 aliphatic heterocycles. The van der Waals surface area contributed by atoms with Gasteiger partial charge in [0, 0.05) is 24.8 Å². The largest absolute Gasteiger partial charge is 0.373 e. The molecule has 1 fully saturated rings. The maximum Gasteiger partial charge on any atom is 0.244 e. The number of carbonyl (C=O) groups excluding carboxylic acids is 1. The van der Waals surface area contributed by atoms with Crippen molar-refractivity contribution in [2.24, 2.45) is 5.92 Å². The number of aliphatic hydroxyl groups is 1. The van der Waals surface area contributed by atoms with Crippen molar-refractivity contribution in [3.8, 4) is 0 Å². The molecule has 6 nitrogen and oxygen atoms in total. The molecule has 6 heteroatoms.